The molecule has 108 valence electrons. The van der Waals surface area contributed by atoms with E-state index < -0.39 is 28.4 Å². The highest BCUT2D eigenvalue weighted by Gasteiger charge is 2.62. The molecule has 0 aliphatic carbocycles. The van der Waals surface area contributed by atoms with Crippen molar-refractivity contribution in [2.24, 2.45) is 0 Å². The molecule has 0 radical (unpaired) electrons. The number of alkyl halides is 5. The van der Waals surface area contributed by atoms with Gasteiger partial charge in [0, 0.05) is 0 Å². The number of halogens is 6. The molecule has 0 aliphatic rings. The van der Waals surface area contributed by atoms with E-state index in [1.54, 1.807) is 0 Å². The Labute approximate surface area is 114 Å². The van der Waals surface area contributed by atoms with Crippen molar-refractivity contribution < 1.29 is 26.7 Å². The second-order valence-corrected chi connectivity index (χ2v) is 4.09. The topological polar surface area (TPSA) is 78.5 Å². The predicted molar refractivity (Wildman–Crippen MR) is 53.9 cm³/mol. The van der Waals surface area contributed by atoms with E-state index in [0.717, 1.165) is 12.4 Å². The highest BCUT2D eigenvalue weighted by atomic mass is 79.9. The minimum absolute atomic E-state index is 0.198. The zero-order valence-electron chi connectivity index (χ0n) is 9.01. The molecule has 0 aromatic carbocycles. The van der Waals surface area contributed by atoms with Crippen LogP contribution in [0.3, 0.4) is 0 Å². The second-order valence-electron chi connectivity index (χ2n) is 3.34. The van der Waals surface area contributed by atoms with Gasteiger partial charge in [-0.3, -0.25) is 0 Å². The van der Waals surface area contributed by atoms with Gasteiger partial charge in [0.1, 0.15) is 4.60 Å². The van der Waals surface area contributed by atoms with Gasteiger partial charge in [-0.05, 0) is 15.9 Å². The Morgan fingerprint density at radius 3 is 2.35 bits per heavy atom. The summed E-state index contributed by atoms with van der Waals surface area (Å²) in [6.07, 6.45) is -3.71. The van der Waals surface area contributed by atoms with Gasteiger partial charge in [0.05, 0.1) is 12.4 Å². The smallest absolute Gasteiger partial charge is 0.243 e. The van der Waals surface area contributed by atoms with Crippen molar-refractivity contribution in [3.05, 3.63) is 22.7 Å². The molecular formula is C7H2BrF5N6O. The van der Waals surface area contributed by atoms with Crippen LogP contribution in [0.4, 0.5) is 26.7 Å². The van der Waals surface area contributed by atoms with Gasteiger partial charge < -0.3 is 0 Å². The van der Waals surface area contributed by atoms with E-state index in [1.165, 1.54) is 0 Å². The van der Waals surface area contributed by atoms with E-state index in [4.69, 9.17) is 0 Å². The fourth-order valence-electron chi connectivity index (χ4n) is 1.13. The molecule has 0 fully saturated rings. The normalized spacial score (nSPS) is 12.7. The third kappa shape index (κ3) is 2.17. The zero-order chi connectivity index (χ0) is 15.1. The molecular weight excluding hydrogens is 359 g/mol. The zero-order valence-corrected chi connectivity index (χ0v) is 10.6. The van der Waals surface area contributed by atoms with Crippen LogP contribution < -0.4 is 0 Å². The molecule has 0 unspecified atom stereocenters. The van der Waals surface area contributed by atoms with Gasteiger partial charge in [-0.2, -0.15) is 31.3 Å². The lowest BCUT2D eigenvalue weighted by Gasteiger charge is -2.17. The van der Waals surface area contributed by atoms with Gasteiger partial charge in [0.15, 0.2) is 5.69 Å². The van der Waals surface area contributed by atoms with Gasteiger partial charge in [-0.1, -0.05) is 10.4 Å². The van der Waals surface area contributed by atoms with Crippen molar-refractivity contribution in [3.63, 3.8) is 0 Å². The fraction of sp³-hybridized carbons (Fsp3) is 0.286. The maximum Gasteiger partial charge on any atom is 0.459 e. The van der Waals surface area contributed by atoms with Crippen molar-refractivity contribution >= 4 is 22.0 Å². The minimum atomic E-state index is -5.87. The molecule has 20 heavy (non-hydrogen) atoms. The van der Waals surface area contributed by atoms with Crippen LogP contribution in [-0.2, 0) is 5.92 Å². The van der Waals surface area contributed by atoms with E-state index in [2.05, 4.69) is 36.6 Å². The van der Waals surface area contributed by atoms with Crippen molar-refractivity contribution in [3.8, 4) is 0 Å². The third-order valence-corrected chi connectivity index (χ3v) is 2.78. The number of carbonyl (C=O) groups excluding carboxylic acids is 1. The Bertz CT molecular complexity index is 635. The summed E-state index contributed by atoms with van der Waals surface area (Å²) in [7, 11) is 0. The van der Waals surface area contributed by atoms with Crippen LogP contribution in [-0.4, -0.2) is 42.2 Å². The SMILES string of the molecule is O=C(n1ccnn1)n1nnc(C(F)(F)C(F)(F)F)c1Br. The van der Waals surface area contributed by atoms with Crippen LogP contribution in [0.25, 0.3) is 0 Å². The molecule has 0 N–H and O–H groups in total. The molecule has 0 amide bonds. The summed E-state index contributed by atoms with van der Waals surface area (Å²) in [5.74, 6) is -5.26. The van der Waals surface area contributed by atoms with Crippen LogP contribution in [0.5, 0.6) is 0 Å². The lowest BCUT2D eigenvalue weighted by Crippen LogP contribution is -2.34. The van der Waals surface area contributed by atoms with E-state index >= 15 is 0 Å². The third-order valence-electron chi connectivity index (χ3n) is 2.07. The van der Waals surface area contributed by atoms with Gasteiger partial charge in [-0.25, -0.2) is 4.79 Å². The molecule has 0 bridgehead atoms. The highest BCUT2D eigenvalue weighted by molar-refractivity contribution is 9.10. The van der Waals surface area contributed by atoms with E-state index in [9.17, 15) is 26.7 Å². The van der Waals surface area contributed by atoms with Crippen molar-refractivity contribution in [2.45, 2.75) is 12.1 Å². The average molecular weight is 361 g/mol. The highest BCUT2D eigenvalue weighted by Crippen LogP contribution is 2.45. The van der Waals surface area contributed by atoms with E-state index in [0.29, 0.717) is 4.68 Å². The lowest BCUT2D eigenvalue weighted by molar-refractivity contribution is -0.291. The van der Waals surface area contributed by atoms with Crippen LogP contribution >= 0.6 is 15.9 Å². The summed E-state index contributed by atoms with van der Waals surface area (Å²) in [5.41, 5.74) is -1.72. The molecule has 0 aliphatic heterocycles. The molecule has 0 spiro atoms. The van der Waals surface area contributed by atoms with Crippen molar-refractivity contribution in [1.29, 1.82) is 0 Å². The second kappa shape index (κ2) is 4.57. The average Bonchev–Trinajstić information content (AvgIpc) is 2.95. The maximum absolute atomic E-state index is 13.1. The number of carbonyl (C=O) groups is 1. The maximum atomic E-state index is 13.1. The molecule has 0 saturated heterocycles. The Kier molecular flexibility index (Phi) is 3.31. The summed E-state index contributed by atoms with van der Waals surface area (Å²) in [5, 5.41) is 12.2. The summed E-state index contributed by atoms with van der Waals surface area (Å²) in [6, 6.07) is -1.13. The summed E-state index contributed by atoms with van der Waals surface area (Å²) >= 11 is 2.44. The minimum Gasteiger partial charge on any atom is -0.243 e. The standard InChI is InChI=1S/C7H2BrF5N6O/c8-4-3(6(9,10)7(11,12)13)15-17-19(4)5(20)18-2-1-14-16-18/h1-2H. The Morgan fingerprint density at radius 2 is 1.85 bits per heavy atom. The van der Waals surface area contributed by atoms with Gasteiger partial charge in [-0.15, -0.1) is 10.2 Å². The first-order chi connectivity index (χ1) is 9.16. The first-order valence-electron chi connectivity index (χ1n) is 4.63. The first kappa shape index (κ1) is 14.5. The Balaban J connectivity index is 2.45. The molecule has 0 saturated carbocycles. The Morgan fingerprint density at radius 1 is 1.20 bits per heavy atom. The van der Waals surface area contributed by atoms with Crippen LogP contribution in [0.15, 0.2) is 17.0 Å². The predicted octanol–water partition coefficient (Wildman–Crippen LogP) is 1.80. The van der Waals surface area contributed by atoms with Crippen LogP contribution in [0.1, 0.15) is 5.69 Å². The van der Waals surface area contributed by atoms with Crippen molar-refractivity contribution in [2.75, 3.05) is 0 Å². The monoisotopic (exact) mass is 360 g/mol. The summed E-state index contributed by atoms with van der Waals surface area (Å²) in [4.78, 5) is 11.7. The summed E-state index contributed by atoms with van der Waals surface area (Å²) < 4.78 is 62.8. The van der Waals surface area contributed by atoms with E-state index in [-0.39, 0.29) is 4.68 Å². The lowest BCUT2D eigenvalue weighted by atomic mass is 10.2. The van der Waals surface area contributed by atoms with Gasteiger partial charge in [0.2, 0.25) is 0 Å². The van der Waals surface area contributed by atoms with E-state index in [1.807, 2.05) is 0 Å². The van der Waals surface area contributed by atoms with Crippen LogP contribution in [0.2, 0.25) is 0 Å². The molecule has 0 atom stereocenters. The number of hydrogen-bond donors (Lipinski definition) is 0. The quantitative estimate of drug-likeness (QED) is 0.724. The van der Waals surface area contributed by atoms with Gasteiger partial charge >= 0.3 is 18.1 Å². The molecule has 2 heterocycles. The Hall–Kier alpha value is -1.92. The first-order valence-corrected chi connectivity index (χ1v) is 5.43. The number of rotatable bonds is 1. The van der Waals surface area contributed by atoms with Gasteiger partial charge in [0.25, 0.3) is 0 Å². The molecule has 2 aromatic rings. The number of hydrogen-bond acceptors (Lipinski definition) is 5. The van der Waals surface area contributed by atoms with Crippen molar-refractivity contribution in [1.82, 2.24) is 30.0 Å². The largest absolute Gasteiger partial charge is 0.459 e. The summed E-state index contributed by atoms with van der Waals surface area (Å²) in [6.45, 7) is 0. The number of aromatic nitrogens is 6. The molecule has 2 aromatic heterocycles. The fourth-order valence-corrected chi connectivity index (χ4v) is 1.68. The molecule has 13 heteroatoms. The molecule has 7 nitrogen and oxygen atoms in total. The number of nitrogens with zero attached hydrogens (tertiary/aromatic N) is 6. The van der Waals surface area contributed by atoms with Crippen LogP contribution in [0, 0.1) is 0 Å². The molecule has 2 rings (SSSR count).